The third-order valence-electron chi connectivity index (χ3n) is 4.63. The van der Waals surface area contributed by atoms with Crippen LogP contribution in [0.25, 0.3) is 17.2 Å². The number of halogens is 1. The molecule has 0 saturated heterocycles. The molecule has 0 aliphatic heterocycles. The maximum atomic E-state index is 13.5. The van der Waals surface area contributed by atoms with Crippen molar-refractivity contribution in [2.45, 2.75) is 58.5 Å². The third-order valence-corrected chi connectivity index (χ3v) is 4.63. The molecule has 2 rings (SSSR count). The molecule has 0 aliphatic rings. The molecule has 1 unspecified atom stereocenters. The molecule has 2 nitrogen and oxygen atoms in total. The van der Waals surface area contributed by atoms with E-state index in [0.717, 1.165) is 49.0 Å². The maximum absolute atomic E-state index is 13.5. The summed E-state index contributed by atoms with van der Waals surface area (Å²) in [6.45, 7) is 5.24. The van der Waals surface area contributed by atoms with Gasteiger partial charge in [0.25, 0.3) is 0 Å². The standard InChI is InChI=1S/C24H31FO2/c1-3-4-8-17-27-19(2)9-6-5-7-10-20-11-13-21(14-12-20)22-15-16-24(26)23(25)18-22/h7,10-16,18-19,26H,3-6,8-9,17H2,1-2H3/b10-7+. The summed E-state index contributed by atoms with van der Waals surface area (Å²) in [6, 6.07) is 12.4. The van der Waals surface area contributed by atoms with Crippen molar-refractivity contribution in [1.82, 2.24) is 0 Å². The number of allylic oxidation sites excluding steroid dienone is 1. The normalized spacial score (nSPS) is 12.6. The molecule has 2 aromatic carbocycles. The lowest BCUT2D eigenvalue weighted by molar-refractivity contribution is 0.0566. The van der Waals surface area contributed by atoms with Crippen molar-refractivity contribution in [3.63, 3.8) is 0 Å². The summed E-state index contributed by atoms with van der Waals surface area (Å²) in [4.78, 5) is 0. The van der Waals surface area contributed by atoms with E-state index in [4.69, 9.17) is 4.74 Å². The van der Waals surface area contributed by atoms with Crippen molar-refractivity contribution >= 4 is 6.08 Å². The van der Waals surface area contributed by atoms with Crippen molar-refractivity contribution in [1.29, 1.82) is 0 Å². The van der Waals surface area contributed by atoms with Crippen molar-refractivity contribution in [3.8, 4) is 16.9 Å². The molecule has 0 bridgehead atoms. The molecule has 0 radical (unpaired) electrons. The molecule has 0 heterocycles. The minimum absolute atomic E-state index is 0.320. The largest absolute Gasteiger partial charge is 0.505 e. The molecule has 3 heteroatoms. The van der Waals surface area contributed by atoms with Gasteiger partial charge in [0.1, 0.15) is 0 Å². The van der Waals surface area contributed by atoms with Gasteiger partial charge in [0.15, 0.2) is 11.6 Å². The minimum atomic E-state index is -0.597. The Morgan fingerprint density at radius 1 is 1.04 bits per heavy atom. The predicted octanol–water partition coefficient (Wildman–Crippen LogP) is 6.98. The number of ether oxygens (including phenoxy) is 1. The second kappa shape index (κ2) is 11.6. The first kappa shape index (κ1) is 21.2. The highest BCUT2D eigenvalue weighted by Crippen LogP contribution is 2.25. The summed E-state index contributed by atoms with van der Waals surface area (Å²) < 4.78 is 19.3. The molecule has 0 aliphatic carbocycles. The summed E-state index contributed by atoms with van der Waals surface area (Å²) >= 11 is 0. The topological polar surface area (TPSA) is 29.5 Å². The quantitative estimate of drug-likeness (QED) is 0.432. The summed E-state index contributed by atoms with van der Waals surface area (Å²) in [6.07, 6.45) is 11.5. The van der Waals surface area contributed by atoms with E-state index in [1.54, 1.807) is 6.07 Å². The lowest BCUT2D eigenvalue weighted by Crippen LogP contribution is -2.08. The van der Waals surface area contributed by atoms with E-state index < -0.39 is 5.82 Å². The molecule has 2 aromatic rings. The highest BCUT2D eigenvalue weighted by Gasteiger charge is 2.04. The van der Waals surface area contributed by atoms with Gasteiger partial charge in [-0.05, 0) is 61.4 Å². The minimum Gasteiger partial charge on any atom is -0.505 e. The van der Waals surface area contributed by atoms with Gasteiger partial charge in [-0.1, -0.05) is 62.2 Å². The number of benzene rings is 2. The van der Waals surface area contributed by atoms with Crippen LogP contribution in [-0.2, 0) is 4.74 Å². The van der Waals surface area contributed by atoms with E-state index in [0.29, 0.717) is 6.10 Å². The van der Waals surface area contributed by atoms with Crippen molar-refractivity contribution in [2.75, 3.05) is 6.61 Å². The second-order valence-electron chi connectivity index (χ2n) is 7.01. The van der Waals surface area contributed by atoms with Gasteiger partial charge >= 0.3 is 0 Å². The van der Waals surface area contributed by atoms with E-state index in [-0.39, 0.29) is 5.75 Å². The van der Waals surface area contributed by atoms with Crippen LogP contribution in [0.4, 0.5) is 4.39 Å². The van der Waals surface area contributed by atoms with Crippen LogP contribution in [0.2, 0.25) is 0 Å². The highest BCUT2D eigenvalue weighted by atomic mass is 19.1. The summed E-state index contributed by atoms with van der Waals surface area (Å²) in [5.74, 6) is -0.918. The van der Waals surface area contributed by atoms with Crippen molar-refractivity contribution in [3.05, 3.63) is 59.9 Å². The van der Waals surface area contributed by atoms with Gasteiger partial charge in [0, 0.05) is 6.61 Å². The average molecular weight is 371 g/mol. The molecule has 27 heavy (non-hydrogen) atoms. The van der Waals surface area contributed by atoms with Gasteiger partial charge < -0.3 is 9.84 Å². The monoisotopic (exact) mass is 370 g/mol. The molecule has 1 atom stereocenters. The second-order valence-corrected chi connectivity index (χ2v) is 7.01. The maximum Gasteiger partial charge on any atom is 0.165 e. The molecular formula is C24H31FO2. The molecule has 1 N–H and O–H groups in total. The number of hydrogen-bond acceptors (Lipinski definition) is 2. The first-order valence-electron chi connectivity index (χ1n) is 9.97. The molecule has 146 valence electrons. The molecule has 0 fully saturated rings. The predicted molar refractivity (Wildman–Crippen MR) is 111 cm³/mol. The number of phenolic OH excluding ortho intramolecular Hbond substituents is 1. The van der Waals surface area contributed by atoms with Gasteiger partial charge in [0.05, 0.1) is 6.10 Å². The van der Waals surface area contributed by atoms with Crippen molar-refractivity contribution < 1.29 is 14.2 Å². The van der Waals surface area contributed by atoms with Gasteiger partial charge in [-0.25, -0.2) is 4.39 Å². The number of rotatable bonds is 11. The summed E-state index contributed by atoms with van der Waals surface area (Å²) in [5.41, 5.74) is 2.82. The zero-order valence-corrected chi connectivity index (χ0v) is 16.5. The summed E-state index contributed by atoms with van der Waals surface area (Å²) in [7, 11) is 0. The van der Waals surface area contributed by atoms with Crippen LogP contribution in [-0.4, -0.2) is 17.8 Å². The first-order chi connectivity index (χ1) is 13.1. The van der Waals surface area contributed by atoms with Crippen LogP contribution >= 0.6 is 0 Å². The van der Waals surface area contributed by atoms with Gasteiger partial charge in [-0.2, -0.15) is 0 Å². The number of hydrogen-bond donors (Lipinski definition) is 1. The molecule has 0 saturated carbocycles. The molecule has 0 spiro atoms. The van der Waals surface area contributed by atoms with E-state index >= 15 is 0 Å². The number of unbranched alkanes of at least 4 members (excludes halogenated alkanes) is 3. The Labute approximate surface area is 162 Å². The Balaban J connectivity index is 1.73. The van der Waals surface area contributed by atoms with E-state index in [9.17, 15) is 9.50 Å². The molecule has 0 amide bonds. The smallest absolute Gasteiger partial charge is 0.165 e. The zero-order chi connectivity index (χ0) is 19.5. The summed E-state index contributed by atoms with van der Waals surface area (Å²) in [5, 5.41) is 9.28. The van der Waals surface area contributed by atoms with E-state index in [1.165, 1.54) is 25.0 Å². The van der Waals surface area contributed by atoms with Crippen LogP contribution in [0.3, 0.4) is 0 Å². The lowest BCUT2D eigenvalue weighted by Gasteiger charge is -2.12. The first-order valence-corrected chi connectivity index (χ1v) is 9.97. The van der Waals surface area contributed by atoms with Crippen molar-refractivity contribution in [2.24, 2.45) is 0 Å². The Hall–Kier alpha value is -2.13. The molecule has 0 aromatic heterocycles. The SMILES string of the molecule is CCCCCOC(C)CCC/C=C/c1ccc(-c2ccc(O)c(F)c2)cc1. The fourth-order valence-corrected chi connectivity index (χ4v) is 2.94. The van der Waals surface area contributed by atoms with E-state index in [2.05, 4.69) is 26.0 Å². The molecular weight excluding hydrogens is 339 g/mol. The Bertz CT molecular complexity index is 707. The van der Waals surface area contributed by atoms with Crippen LogP contribution in [0.15, 0.2) is 48.5 Å². The highest BCUT2D eigenvalue weighted by molar-refractivity contribution is 5.66. The lowest BCUT2D eigenvalue weighted by atomic mass is 10.0. The fourth-order valence-electron chi connectivity index (χ4n) is 2.94. The average Bonchev–Trinajstić information content (AvgIpc) is 2.68. The van der Waals surface area contributed by atoms with Gasteiger partial charge in [0.2, 0.25) is 0 Å². The zero-order valence-electron chi connectivity index (χ0n) is 16.5. The van der Waals surface area contributed by atoms with Crippen LogP contribution in [0.1, 0.15) is 57.9 Å². The third kappa shape index (κ3) is 7.56. The Morgan fingerprint density at radius 3 is 2.48 bits per heavy atom. The van der Waals surface area contributed by atoms with Crippen LogP contribution < -0.4 is 0 Å². The fraction of sp³-hybridized carbons (Fsp3) is 0.417. The number of aromatic hydroxyl groups is 1. The van der Waals surface area contributed by atoms with Crippen LogP contribution in [0, 0.1) is 5.82 Å². The van der Waals surface area contributed by atoms with Crippen LogP contribution in [0.5, 0.6) is 5.75 Å². The Morgan fingerprint density at radius 2 is 1.78 bits per heavy atom. The van der Waals surface area contributed by atoms with Gasteiger partial charge in [-0.3, -0.25) is 0 Å². The number of phenols is 1. The van der Waals surface area contributed by atoms with E-state index in [1.807, 2.05) is 24.3 Å². The Kier molecular flexibility index (Phi) is 9.06. The van der Waals surface area contributed by atoms with Gasteiger partial charge in [-0.15, -0.1) is 0 Å².